The first kappa shape index (κ1) is 20.1. The Morgan fingerprint density at radius 2 is 2.03 bits per heavy atom. The Morgan fingerprint density at radius 1 is 1.16 bits per heavy atom. The van der Waals surface area contributed by atoms with E-state index in [4.69, 9.17) is 9.47 Å². The van der Waals surface area contributed by atoms with Crippen LogP contribution in [0.5, 0.6) is 11.5 Å². The molecule has 3 aromatic rings. The van der Waals surface area contributed by atoms with E-state index in [0.717, 1.165) is 35.4 Å². The molecule has 1 aliphatic heterocycles. The Bertz CT molecular complexity index is 1140. The lowest BCUT2D eigenvalue weighted by molar-refractivity contribution is 0.0733. The number of ether oxygens (including phenoxy) is 2. The molecule has 1 amide bonds. The third-order valence-electron chi connectivity index (χ3n) is 5.48. The highest BCUT2D eigenvalue weighted by Crippen LogP contribution is 2.42. The Labute approximate surface area is 188 Å². The molecule has 0 saturated heterocycles. The number of rotatable bonds is 5. The first-order valence-corrected chi connectivity index (χ1v) is 12.1. The van der Waals surface area contributed by atoms with Crippen LogP contribution in [0.25, 0.3) is 0 Å². The van der Waals surface area contributed by atoms with Crippen LogP contribution in [0.2, 0.25) is 0 Å². The van der Waals surface area contributed by atoms with Crippen LogP contribution in [0.15, 0.2) is 35.7 Å². The van der Waals surface area contributed by atoms with Crippen molar-refractivity contribution in [2.24, 2.45) is 0 Å². The number of nitrogens with one attached hydrogen (secondary N) is 2. The van der Waals surface area contributed by atoms with Gasteiger partial charge in [-0.1, -0.05) is 12.1 Å². The van der Waals surface area contributed by atoms with Crippen LogP contribution in [-0.2, 0) is 12.8 Å². The van der Waals surface area contributed by atoms with E-state index in [1.165, 1.54) is 28.2 Å². The number of thiophene rings is 2. The molecule has 160 valence electrons. The summed E-state index contributed by atoms with van der Waals surface area (Å²) < 4.78 is 11.3. The molecule has 2 N–H and O–H groups in total. The maximum atomic E-state index is 12.9. The monoisotopic (exact) mass is 454 g/mol. The maximum Gasteiger partial charge on any atom is 0.353 e. The minimum Gasteiger partial charge on any atom is -0.490 e. The molecule has 5 rings (SSSR count). The van der Waals surface area contributed by atoms with Gasteiger partial charge < -0.3 is 20.1 Å². The number of esters is 1. The Kier molecular flexibility index (Phi) is 5.41. The van der Waals surface area contributed by atoms with Crippen LogP contribution < -0.4 is 20.1 Å². The summed E-state index contributed by atoms with van der Waals surface area (Å²) in [4.78, 5) is 27.1. The largest absolute Gasteiger partial charge is 0.490 e. The molecule has 1 unspecified atom stereocenters. The zero-order valence-electron chi connectivity index (χ0n) is 17.0. The number of carbonyl (C=O) groups excluding carboxylic acids is 2. The van der Waals surface area contributed by atoms with E-state index in [-0.39, 0.29) is 12.1 Å². The molecule has 0 bridgehead atoms. The number of aryl methyl sites for hydroxylation is 1. The highest BCUT2D eigenvalue weighted by molar-refractivity contribution is 7.16. The molecule has 2 aliphatic rings. The normalized spacial score (nSPS) is 17.2. The topological polar surface area (TPSA) is 76.7 Å². The molecule has 31 heavy (non-hydrogen) atoms. The Hall–Kier alpha value is -2.84. The van der Waals surface area contributed by atoms with E-state index in [9.17, 15) is 9.59 Å². The Balaban J connectivity index is 1.41. The van der Waals surface area contributed by atoms with Crippen LogP contribution >= 0.6 is 22.7 Å². The van der Waals surface area contributed by atoms with Gasteiger partial charge in [0.2, 0.25) is 0 Å². The van der Waals surface area contributed by atoms with Gasteiger partial charge in [0.15, 0.2) is 11.5 Å². The van der Waals surface area contributed by atoms with Crippen molar-refractivity contribution in [1.82, 2.24) is 5.32 Å². The van der Waals surface area contributed by atoms with Crippen LogP contribution in [0.4, 0.5) is 5.00 Å². The van der Waals surface area contributed by atoms with E-state index in [1.54, 1.807) is 23.5 Å². The van der Waals surface area contributed by atoms with Gasteiger partial charge in [-0.15, -0.1) is 22.7 Å². The summed E-state index contributed by atoms with van der Waals surface area (Å²) in [6, 6.07) is 8.91. The Morgan fingerprint density at radius 3 is 2.84 bits per heavy atom. The molecular formula is C23H22N2O4S2. The zero-order valence-corrected chi connectivity index (χ0v) is 18.7. The minimum atomic E-state index is -0.415. The zero-order chi connectivity index (χ0) is 21.4. The second kappa shape index (κ2) is 8.36. The first-order valence-electron chi connectivity index (χ1n) is 10.4. The number of benzene rings is 1. The van der Waals surface area contributed by atoms with Gasteiger partial charge in [0, 0.05) is 4.88 Å². The minimum absolute atomic E-state index is 0.0377. The molecule has 0 saturated carbocycles. The lowest BCUT2D eigenvalue weighted by Gasteiger charge is -2.27. The molecule has 3 heterocycles. The highest BCUT2D eigenvalue weighted by atomic mass is 32.1. The summed E-state index contributed by atoms with van der Waals surface area (Å²) in [6.07, 6.45) is 3.96. The van der Waals surface area contributed by atoms with E-state index < -0.39 is 5.97 Å². The second-order valence-corrected chi connectivity index (χ2v) is 9.52. The predicted octanol–water partition coefficient (Wildman–Crippen LogP) is 5.16. The van der Waals surface area contributed by atoms with Crippen LogP contribution in [0, 0.1) is 0 Å². The SMILES string of the molecule is CCOc1cc(C2NC(=O)c3c(sc4c3CCCC4)N2)ccc1OC(=O)c1cccs1. The summed E-state index contributed by atoms with van der Waals surface area (Å²) >= 11 is 3.02. The van der Waals surface area contributed by atoms with E-state index >= 15 is 0 Å². The molecule has 6 nitrogen and oxygen atoms in total. The number of hydrogen-bond donors (Lipinski definition) is 2. The molecule has 0 fully saturated rings. The number of carbonyl (C=O) groups is 2. The molecule has 1 atom stereocenters. The number of hydrogen-bond acceptors (Lipinski definition) is 7. The summed E-state index contributed by atoms with van der Waals surface area (Å²) in [7, 11) is 0. The molecule has 0 radical (unpaired) electrons. The summed E-state index contributed by atoms with van der Waals surface area (Å²) in [6.45, 7) is 2.31. The molecule has 1 aromatic carbocycles. The third kappa shape index (κ3) is 3.81. The van der Waals surface area contributed by atoms with E-state index in [1.807, 2.05) is 30.5 Å². The maximum absolute atomic E-state index is 12.9. The van der Waals surface area contributed by atoms with Gasteiger partial charge >= 0.3 is 5.97 Å². The quantitative estimate of drug-likeness (QED) is 0.411. The van der Waals surface area contributed by atoms with Crippen molar-refractivity contribution in [1.29, 1.82) is 0 Å². The lowest BCUT2D eigenvalue weighted by Crippen LogP contribution is -2.38. The predicted molar refractivity (Wildman–Crippen MR) is 122 cm³/mol. The van der Waals surface area contributed by atoms with Gasteiger partial charge in [0.25, 0.3) is 5.91 Å². The van der Waals surface area contributed by atoms with Gasteiger partial charge in [-0.05, 0) is 67.3 Å². The fraction of sp³-hybridized carbons (Fsp3) is 0.304. The molecule has 1 aliphatic carbocycles. The van der Waals surface area contributed by atoms with E-state index in [0.29, 0.717) is 23.0 Å². The highest BCUT2D eigenvalue weighted by Gasteiger charge is 2.32. The molecule has 0 spiro atoms. The van der Waals surface area contributed by atoms with Crippen molar-refractivity contribution in [3.63, 3.8) is 0 Å². The van der Waals surface area contributed by atoms with Crippen LogP contribution in [-0.4, -0.2) is 18.5 Å². The molecular weight excluding hydrogens is 432 g/mol. The standard InChI is InChI=1S/C23H22N2O4S2/c1-2-28-16-12-13(9-10-15(16)29-23(27)18-8-5-11-30-18)20-24-21(26)19-14-6-3-4-7-17(14)31-22(19)25-20/h5,8-12,20,25H,2-4,6-7H2,1H3,(H,24,26). The van der Waals surface area contributed by atoms with E-state index in [2.05, 4.69) is 10.6 Å². The fourth-order valence-electron chi connectivity index (χ4n) is 4.05. The smallest absolute Gasteiger partial charge is 0.353 e. The second-order valence-electron chi connectivity index (χ2n) is 7.47. The van der Waals surface area contributed by atoms with Crippen LogP contribution in [0.3, 0.4) is 0 Å². The van der Waals surface area contributed by atoms with Crippen molar-refractivity contribution in [3.8, 4) is 11.5 Å². The average Bonchev–Trinajstić information content (AvgIpc) is 3.43. The van der Waals surface area contributed by atoms with Crippen molar-refractivity contribution >= 4 is 39.6 Å². The fourth-order valence-corrected chi connectivity index (χ4v) is 5.96. The van der Waals surface area contributed by atoms with Crippen molar-refractivity contribution in [2.45, 2.75) is 38.8 Å². The number of amides is 1. The van der Waals surface area contributed by atoms with Gasteiger partial charge in [-0.3, -0.25) is 4.79 Å². The van der Waals surface area contributed by atoms with Crippen molar-refractivity contribution in [2.75, 3.05) is 11.9 Å². The van der Waals surface area contributed by atoms with Crippen molar-refractivity contribution < 1.29 is 19.1 Å². The lowest BCUT2D eigenvalue weighted by atomic mass is 9.94. The van der Waals surface area contributed by atoms with Gasteiger partial charge in [0.1, 0.15) is 16.0 Å². The van der Waals surface area contributed by atoms with Crippen molar-refractivity contribution in [3.05, 3.63) is 62.2 Å². The van der Waals surface area contributed by atoms with Gasteiger partial charge in [-0.25, -0.2) is 4.79 Å². The first-order chi connectivity index (χ1) is 15.1. The number of anilines is 1. The molecule has 2 aromatic heterocycles. The summed E-state index contributed by atoms with van der Waals surface area (Å²) in [5.74, 6) is 0.376. The average molecular weight is 455 g/mol. The number of fused-ring (bicyclic) bond motifs is 3. The van der Waals surface area contributed by atoms with Gasteiger partial charge in [0.05, 0.1) is 12.2 Å². The summed E-state index contributed by atoms with van der Waals surface area (Å²) in [5, 5.41) is 9.32. The molecule has 8 heteroatoms. The van der Waals surface area contributed by atoms with Crippen LogP contribution in [0.1, 0.15) is 62.0 Å². The summed E-state index contributed by atoms with van der Waals surface area (Å²) in [5.41, 5.74) is 2.85. The third-order valence-corrected chi connectivity index (χ3v) is 7.55. The van der Waals surface area contributed by atoms with Gasteiger partial charge in [-0.2, -0.15) is 0 Å².